The second kappa shape index (κ2) is 13.5. The molecule has 2 aliphatic rings. The summed E-state index contributed by atoms with van der Waals surface area (Å²) >= 11 is 0. The Morgan fingerprint density at radius 1 is 0.828 bits per heavy atom. The molecule has 0 aliphatic carbocycles. The number of benzene rings is 1. The first-order chi connectivity index (χ1) is 14.0. The lowest BCUT2D eigenvalue weighted by Crippen LogP contribution is -2.43. The third kappa shape index (κ3) is 7.93. The summed E-state index contributed by atoms with van der Waals surface area (Å²) < 4.78 is 0. The van der Waals surface area contributed by atoms with Gasteiger partial charge in [-0.3, -0.25) is 9.59 Å². The Balaban J connectivity index is 0.000000989. The highest BCUT2D eigenvalue weighted by molar-refractivity contribution is 5.97. The number of ketones is 1. The fraction of sp³-hybridized carbons (Fsp3) is 0.680. The van der Waals surface area contributed by atoms with Gasteiger partial charge in [0, 0.05) is 30.8 Å². The van der Waals surface area contributed by atoms with Crippen molar-refractivity contribution >= 4 is 11.7 Å². The lowest BCUT2D eigenvalue weighted by Gasteiger charge is -2.37. The second-order valence-corrected chi connectivity index (χ2v) is 7.85. The minimum absolute atomic E-state index is 0.0342. The van der Waals surface area contributed by atoms with E-state index in [1.807, 2.05) is 32.6 Å². The monoisotopic (exact) mass is 402 g/mol. The van der Waals surface area contributed by atoms with E-state index in [1.165, 1.54) is 32.5 Å². The minimum Gasteiger partial charge on any atom is -0.339 e. The zero-order valence-electron chi connectivity index (χ0n) is 19.5. The molecule has 3 rings (SSSR count). The summed E-state index contributed by atoms with van der Waals surface area (Å²) in [4.78, 5) is 28.6. The summed E-state index contributed by atoms with van der Waals surface area (Å²) in [5, 5.41) is 0. The Bertz CT molecular complexity index is 596. The fourth-order valence-corrected chi connectivity index (χ4v) is 3.96. The number of nitrogens with zero attached hydrogens (tertiary/aromatic N) is 2. The molecule has 2 saturated heterocycles. The molecule has 2 fully saturated rings. The van der Waals surface area contributed by atoms with Gasteiger partial charge in [-0.15, -0.1) is 0 Å². The van der Waals surface area contributed by atoms with Crippen molar-refractivity contribution < 1.29 is 9.59 Å². The summed E-state index contributed by atoms with van der Waals surface area (Å²) in [6.07, 6.45) is 4.85. The van der Waals surface area contributed by atoms with Gasteiger partial charge < -0.3 is 9.80 Å². The van der Waals surface area contributed by atoms with Crippen LogP contribution in [0.5, 0.6) is 0 Å². The molecular formula is C25H42N2O2. The van der Waals surface area contributed by atoms with E-state index in [9.17, 15) is 9.59 Å². The molecule has 0 spiro atoms. The molecule has 1 aromatic rings. The molecule has 0 unspecified atom stereocenters. The normalized spacial score (nSPS) is 18.2. The molecule has 4 heteroatoms. The van der Waals surface area contributed by atoms with Gasteiger partial charge in [-0.25, -0.2) is 0 Å². The first kappa shape index (κ1) is 25.4. The molecule has 2 heterocycles. The van der Waals surface area contributed by atoms with Crippen LogP contribution < -0.4 is 0 Å². The van der Waals surface area contributed by atoms with Crippen molar-refractivity contribution in [2.45, 2.75) is 67.2 Å². The van der Waals surface area contributed by atoms with Crippen LogP contribution in [-0.4, -0.2) is 54.2 Å². The largest absolute Gasteiger partial charge is 0.339 e. The van der Waals surface area contributed by atoms with E-state index >= 15 is 0 Å². The number of amides is 1. The van der Waals surface area contributed by atoms with E-state index in [4.69, 9.17) is 0 Å². The molecule has 0 aromatic heterocycles. The summed E-state index contributed by atoms with van der Waals surface area (Å²) in [7, 11) is 0. The Labute approximate surface area is 178 Å². The standard InChI is InChI=1S/C21H30N2O2.2C2H6/c1-16-7-11-22(12-8-16)15-18-9-13-23(14-10-18)21(25)20-5-3-19(4-6-20)17(2)24;2*1-2/h3-6,16,18H,7-15H2,1-2H3;2*1-2H3. The quantitative estimate of drug-likeness (QED) is 0.622. The van der Waals surface area contributed by atoms with Crippen LogP contribution in [0.4, 0.5) is 0 Å². The van der Waals surface area contributed by atoms with Crippen molar-refractivity contribution in [3.8, 4) is 0 Å². The summed E-state index contributed by atoms with van der Waals surface area (Å²) in [6.45, 7) is 17.3. The van der Waals surface area contributed by atoms with Crippen LogP contribution in [0.15, 0.2) is 24.3 Å². The first-order valence-electron chi connectivity index (χ1n) is 11.7. The Kier molecular flexibility index (Phi) is 11.8. The van der Waals surface area contributed by atoms with Crippen LogP contribution in [0.25, 0.3) is 0 Å². The van der Waals surface area contributed by atoms with Crippen LogP contribution in [0, 0.1) is 11.8 Å². The topological polar surface area (TPSA) is 40.6 Å². The van der Waals surface area contributed by atoms with E-state index in [0.717, 1.165) is 37.8 Å². The number of hydrogen-bond donors (Lipinski definition) is 0. The van der Waals surface area contributed by atoms with Gasteiger partial charge in [0.25, 0.3) is 5.91 Å². The Morgan fingerprint density at radius 3 is 1.79 bits per heavy atom. The number of Topliss-reactive ketones (excluding diaryl/α,β-unsaturated/α-hetero) is 1. The van der Waals surface area contributed by atoms with Gasteiger partial charge >= 0.3 is 0 Å². The van der Waals surface area contributed by atoms with Crippen LogP contribution in [0.1, 0.15) is 87.9 Å². The van der Waals surface area contributed by atoms with Crippen molar-refractivity contribution in [3.05, 3.63) is 35.4 Å². The molecule has 4 nitrogen and oxygen atoms in total. The number of hydrogen-bond acceptors (Lipinski definition) is 3. The summed E-state index contributed by atoms with van der Waals surface area (Å²) in [6, 6.07) is 7.06. The minimum atomic E-state index is 0.0342. The van der Waals surface area contributed by atoms with Crippen molar-refractivity contribution in [1.82, 2.24) is 9.80 Å². The van der Waals surface area contributed by atoms with Gasteiger partial charge in [-0.05, 0) is 69.7 Å². The van der Waals surface area contributed by atoms with Gasteiger partial charge in [0.05, 0.1) is 0 Å². The highest BCUT2D eigenvalue weighted by Crippen LogP contribution is 2.23. The van der Waals surface area contributed by atoms with Gasteiger partial charge in [0.2, 0.25) is 0 Å². The molecule has 29 heavy (non-hydrogen) atoms. The molecule has 0 atom stereocenters. The van der Waals surface area contributed by atoms with Crippen LogP contribution in [0.3, 0.4) is 0 Å². The van der Waals surface area contributed by atoms with E-state index in [1.54, 1.807) is 31.2 Å². The Hall–Kier alpha value is -1.68. The maximum Gasteiger partial charge on any atom is 0.253 e. The zero-order chi connectivity index (χ0) is 21.8. The van der Waals surface area contributed by atoms with E-state index in [0.29, 0.717) is 11.1 Å². The van der Waals surface area contributed by atoms with E-state index < -0.39 is 0 Å². The SMILES string of the molecule is CC.CC.CC(=O)c1ccc(C(=O)N2CCC(CN3CCC(C)CC3)CC2)cc1. The molecule has 1 aromatic carbocycles. The first-order valence-corrected chi connectivity index (χ1v) is 11.7. The van der Waals surface area contributed by atoms with Gasteiger partial charge in [-0.1, -0.05) is 46.8 Å². The van der Waals surface area contributed by atoms with Crippen molar-refractivity contribution in [2.24, 2.45) is 11.8 Å². The van der Waals surface area contributed by atoms with Crippen LogP contribution in [0.2, 0.25) is 0 Å². The zero-order valence-corrected chi connectivity index (χ0v) is 19.5. The molecule has 0 saturated carbocycles. The van der Waals surface area contributed by atoms with Crippen molar-refractivity contribution in [3.63, 3.8) is 0 Å². The predicted molar refractivity (Wildman–Crippen MR) is 123 cm³/mol. The highest BCUT2D eigenvalue weighted by atomic mass is 16.2. The fourth-order valence-electron chi connectivity index (χ4n) is 3.96. The van der Waals surface area contributed by atoms with Crippen LogP contribution in [-0.2, 0) is 0 Å². The van der Waals surface area contributed by atoms with Gasteiger partial charge in [-0.2, -0.15) is 0 Å². The van der Waals surface area contributed by atoms with Gasteiger partial charge in [0.1, 0.15) is 0 Å². The molecule has 1 amide bonds. The molecular weight excluding hydrogens is 360 g/mol. The number of likely N-dealkylation sites (tertiary alicyclic amines) is 2. The third-order valence-corrected chi connectivity index (χ3v) is 5.83. The average Bonchev–Trinajstić information content (AvgIpc) is 2.78. The Morgan fingerprint density at radius 2 is 1.31 bits per heavy atom. The lowest BCUT2D eigenvalue weighted by atomic mass is 9.93. The molecule has 0 N–H and O–H groups in total. The number of piperidine rings is 2. The van der Waals surface area contributed by atoms with Crippen LogP contribution >= 0.6 is 0 Å². The van der Waals surface area contributed by atoms with Gasteiger partial charge in [0.15, 0.2) is 5.78 Å². The summed E-state index contributed by atoms with van der Waals surface area (Å²) in [5.41, 5.74) is 1.35. The molecule has 0 radical (unpaired) electrons. The maximum absolute atomic E-state index is 12.6. The average molecular weight is 403 g/mol. The predicted octanol–water partition coefficient (Wildman–Crippen LogP) is 5.53. The third-order valence-electron chi connectivity index (χ3n) is 5.83. The molecule has 164 valence electrons. The smallest absolute Gasteiger partial charge is 0.253 e. The number of rotatable bonds is 4. The number of carbonyl (C=O) groups is 2. The van der Waals surface area contributed by atoms with E-state index in [2.05, 4.69) is 11.8 Å². The highest BCUT2D eigenvalue weighted by Gasteiger charge is 2.26. The lowest BCUT2D eigenvalue weighted by molar-refractivity contribution is 0.0653. The maximum atomic E-state index is 12.6. The van der Waals surface area contributed by atoms with E-state index in [-0.39, 0.29) is 11.7 Å². The second-order valence-electron chi connectivity index (χ2n) is 7.85. The summed E-state index contributed by atoms with van der Waals surface area (Å²) in [5.74, 6) is 1.73. The van der Waals surface area contributed by atoms with Crippen molar-refractivity contribution in [2.75, 3.05) is 32.7 Å². The molecule has 0 bridgehead atoms. The number of carbonyl (C=O) groups excluding carboxylic acids is 2. The molecule has 2 aliphatic heterocycles. The van der Waals surface area contributed by atoms with Crippen molar-refractivity contribution in [1.29, 1.82) is 0 Å².